The maximum atomic E-state index is 12.7. The van der Waals surface area contributed by atoms with Crippen molar-refractivity contribution in [3.8, 4) is 0 Å². The number of aromatic nitrogens is 2. The van der Waals surface area contributed by atoms with Crippen LogP contribution in [-0.2, 0) is 11.2 Å². The Bertz CT molecular complexity index is 1010. The molecule has 0 radical (unpaired) electrons. The highest BCUT2D eigenvalue weighted by molar-refractivity contribution is 7.19. The number of unbranched alkanes of at least 4 members (excludes halogenated alkanes) is 12. The average molecular weight is 482 g/mol. The van der Waals surface area contributed by atoms with Gasteiger partial charge in [-0.3, -0.25) is 4.79 Å². The van der Waals surface area contributed by atoms with Gasteiger partial charge in [0.1, 0.15) is 5.52 Å². The Labute approximate surface area is 210 Å². The van der Waals surface area contributed by atoms with Crippen molar-refractivity contribution in [2.24, 2.45) is 0 Å². The van der Waals surface area contributed by atoms with Gasteiger partial charge in [-0.15, -0.1) is 11.3 Å². The highest BCUT2D eigenvalue weighted by Gasteiger charge is 2.15. The number of nitrogens with zero attached hydrogens (tertiary/aromatic N) is 2. The highest BCUT2D eigenvalue weighted by atomic mass is 32.1. The van der Waals surface area contributed by atoms with Crippen LogP contribution < -0.4 is 5.32 Å². The van der Waals surface area contributed by atoms with Gasteiger partial charge in [-0.25, -0.2) is 9.97 Å². The van der Waals surface area contributed by atoms with Crippen LogP contribution in [0, 0.1) is 0 Å². The third-order valence-electron chi connectivity index (χ3n) is 6.51. The van der Waals surface area contributed by atoms with Crippen LogP contribution in [-0.4, -0.2) is 15.9 Å². The quantitative estimate of drug-likeness (QED) is 0.195. The summed E-state index contributed by atoms with van der Waals surface area (Å²) in [5, 5.41) is 5.30. The number of carbonyl (C=O) groups excluding carboxylic acids is 1. The fourth-order valence-corrected chi connectivity index (χ4v) is 5.75. The summed E-state index contributed by atoms with van der Waals surface area (Å²) in [7, 11) is 0. The van der Waals surface area contributed by atoms with Gasteiger partial charge >= 0.3 is 0 Å². The molecule has 0 aliphatic rings. The van der Waals surface area contributed by atoms with E-state index in [-0.39, 0.29) is 5.91 Å². The van der Waals surface area contributed by atoms with Gasteiger partial charge in [0.25, 0.3) is 0 Å². The zero-order chi connectivity index (χ0) is 24.0. The van der Waals surface area contributed by atoms with Crippen molar-refractivity contribution in [2.75, 3.05) is 5.32 Å². The van der Waals surface area contributed by atoms with Crippen molar-refractivity contribution < 1.29 is 4.79 Å². The van der Waals surface area contributed by atoms with Gasteiger partial charge in [0.2, 0.25) is 5.91 Å². The average Bonchev–Trinajstić information content (AvgIpc) is 3.27. The van der Waals surface area contributed by atoms with E-state index in [4.69, 9.17) is 9.97 Å². The zero-order valence-corrected chi connectivity index (χ0v) is 22.2. The Balaban J connectivity index is 1.37. The molecule has 2 heterocycles. The molecule has 2 aromatic heterocycles. The summed E-state index contributed by atoms with van der Waals surface area (Å²) in [6, 6.07) is 8.14. The smallest absolute Gasteiger partial charge is 0.225 e. The SMILES string of the molecule is CCCCCCCCCCCCCCCC(=O)Nc1nc2ccccc2c2sc(CCC)nc12. The summed E-state index contributed by atoms with van der Waals surface area (Å²) < 4.78 is 1.13. The molecule has 0 bridgehead atoms. The maximum Gasteiger partial charge on any atom is 0.225 e. The van der Waals surface area contributed by atoms with Gasteiger partial charge < -0.3 is 5.32 Å². The van der Waals surface area contributed by atoms with E-state index in [2.05, 4.69) is 25.2 Å². The minimum atomic E-state index is 0.0530. The second-order valence-electron chi connectivity index (χ2n) is 9.55. The fourth-order valence-electron chi connectivity index (χ4n) is 4.55. The van der Waals surface area contributed by atoms with E-state index in [1.807, 2.05) is 18.2 Å². The first kappa shape index (κ1) is 26.6. The van der Waals surface area contributed by atoms with E-state index in [9.17, 15) is 4.79 Å². The Morgan fingerprint density at radius 1 is 0.794 bits per heavy atom. The third kappa shape index (κ3) is 8.33. The van der Waals surface area contributed by atoms with Crippen LogP contribution in [0.15, 0.2) is 24.3 Å². The van der Waals surface area contributed by atoms with Gasteiger partial charge in [0.15, 0.2) is 5.82 Å². The van der Waals surface area contributed by atoms with Gasteiger partial charge in [-0.1, -0.05) is 109 Å². The Hall–Kier alpha value is -2.01. The Morgan fingerprint density at radius 2 is 1.41 bits per heavy atom. The summed E-state index contributed by atoms with van der Waals surface area (Å²) in [5.74, 6) is 0.671. The number of carbonyl (C=O) groups is 1. The van der Waals surface area contributed by atoms with Gasteiger partial charge in [-0.05, 0) is 25.3 Å². The second kappa shape index (κ2) is 15.1. The largest absolute Gasteiger partial charge is 0.309 e. The molecule has 0 spiro atoms. The lowest BCUT2D eigenvalue weighted by Gasteiger charge is -2.07. The molecule has 1 amide bonds. The number of fused-ring (bicyclic) bond motifs is 3. The molecule has 3 rings (SSSR count). The van der Waals surface area contributed by atoms with Crippen molar-refractivity contribution in [1.82, 2.24) is 9.97 Å². The molecular formula is C29H43N3OS. The second-order valence-corrected chi connectivity index (χ2v) is 10.6. The molecule has 1 aromatic carbocycles. The Morgan fingerprint density at radius 3 is 2.06 bits per heavy atom. The molecule has 1 N–H and O–H groups in total. The molecule has 0 unspecified atom stereocenters. The molecule has 0 aliphatic carbocycles. The fraction of sp³-hybridized carbons (Fsp3) is 0.621. The zero-order valence-electron chi connectivity index (χ0n) is 21.3. The molecule has 3 aromatic rings. The van der Waals surface area contributed by atoms with Crippen molar-refractivity contribution in [3.63, 3.8) is 0 Å². The van der Waals surface area contributed by atoms with E-state index < -0.39 is 0 Å². The normalized spacial score (nSPS) is 11.5. The summed E-state index contributed by atoms with van der Waals surface area (Å²) in [4.78, 5) is 22.2. The van der Waals surface area contributed by atoms with Crippen LogP contribution in [0.5, 0.6) is 0 Å². The van der Waals surface area contributed by atoms with E-state index in [1.165, 1.54) is 70.6 Å². The lowest BCUT2D eigenvalue weighted by atomic mass is 10.0. The van der Waals surface area contributed by atoms with E-state index in [1.54, 1.807) is 11.3 Å². The third-order valence-corrected chi connectivity index (χ3v) is 7.65. The minimum Gasteiger partial charge on any atom is -0.309 e. The van der Waals surface area contributed by atoms with E-state index in [0.717, 1.165) is 51.8 Å². The maximum absolute atomic E-state index is 12.7. The molecule has 0 saturated heterocycles. The molecule has 0 fully saturated rings. The van der Waals surface area contributed by atoms with Crippen LogP contribution >= 0.6 is 11.3 Å². The number of thiazole rings is 1. The monoisotopic (exact) mass is 481 g/mol. The number of benzene rings is 1. The van der Waals surface area contributed by atoms with Gasteiger partial charge in [0.05, 0.1) is 15.2 Å². The molecule has 4 nitrogen and oxygen atoms in total. The van der Waals surface area contributed by atoms with Crippen molar-refractivity contribution in [2.45, 2.75) is 117 Å². The van der Waals surface area contributed by atoms with E-state index >= 15 is 0 Å². The summed E-state index contributed by atoms with van der Waals surface area (Å²) in [6.07, 6.45) is 19.6. The number of nitrogens with one attached hydrogen (secondary N) is 1. The first-order valence-electron chi connectivity index (χ1n) is 13.7. The van der Waals surface area contributed by atoms with Crippen molar-refractivity contribution in [1.29, 1.82) is 0 Å². The predicted octanol–water partition coefficient (Wildman–Crippen LogP) is 9.22. The van der Waals surface area contributed by atoms with E-state index in [0.29, 0.717) is 12.2 Å². The van der Waals surface area contributed by atoms with Crippen LogP contribution in [0.1, 0.15) is 115 Å². The lowest BCUT2D eigenvalue weighted by molar-refractivity contribution is -0.116. The summed E-state index contributed by atoms with van der Waals surface area (Å²) in [5.41, 5.74) is 1.75. The number of anilines is 1. The lowest BCUT2D eigenvalue weighted by Crippen LogP contribution is -2.12. The minimum absolute atomic E-state index is 0.0530. The van der Waals surface area contributed by atoms with Crippen LogP contribution in [0.3, 0.4) is 0 Å². The van der Waals surface area contributed by atoms with Crippen LogP contribution in [0.25, 0.3) is 21.1 Å². The molecular weight excluding hydrogens is 438 g/mol. The standard InChI is InChI=1S/C29H43N3OS/c1-3-5-6-7-8-9-10-11-12-13-14-15-16-22-25(33)31-29-27-28(34-26(32-27)19-4-2)23-20-17-18-21-24(23)30-29/h17-18,20-21H,3-16,19,22H2,1-2H3,(H,30,31,33). The number of para-hydroxylation sites is 1. The summed E-state index contributed by atoms with van der Waals surface area (Å²) in [6.45, 7) is 4.44. The number of aryl methyl sites for hydroxylation is 1. The van der Waals surface area contributed by atoms with Crippen LogP contribution in [0.4, 0.5) is 5.82 Å². The Kier molecular flexibility index (Phi) is 11.8. The summed E-state index contributed by atoms with van der Waals surface area (Å²) >= 11 is 1.73. The van der Waals surface area contributed by atoms with Gasteiger partial charge in [-0.2, -0.15) is 0 Å². The van der Waals surface area contributed by atoms with Crippen molar-refractivity contribution in [3.05, 3.63) is 29.3 Å². The number of hydrogen-bond acceptors (Lipinski definition) is 4. The number of rotatable bonds is 17. The highest BCUT2D eigenvalue weighted by Crippen LogP contribution is 2.34. The van der Waals surface area contributed by atoms with Gasteiger partial charge in [0, 0.05) is 11.8 Å². The molecule has 0 saturated carbocycles. The number of pyridine rings is 1. The molecule has 5 heteroatoms. The first-order valence-corrected chi connectivity index (χ1v) is 14.5. The molecule has 34 heavy (non-hydrogen) atoms. The van der Waals surface area contributed by atoms with Crippen LogP contribution in [0.2, 0.25) is 0 Å². The topological polar surface area (TPSA) is 54.9 Å². The van der Waals surface area contributed by atoms with Crippen molar-refractivity contribution >= 4 is 44.2 Å². The number of amides is 1. The predicted molar refractivity (Wildman–Crippen MR) is 148 cm³/mol. The molecule has 0 atom stereocenters. The molecule has 186 valence electrons. The molecule has 0 aliphatic heterocycles. The number of hydrogen-bond donors (Lipinski definition) is 1. The first-order chi connectivity index (χ1) is 16.7.